The molecule has 0 aliphatic rings. The van der Waals surface area contributed by atoms with E-state index in [2.05, 4.69) is 0 Å². The summed E-state index contributed by atoms with van der Waals surface area (Å²) in [6.07, 6.45) is 0. The number of carboxylic acid groups (broad SMARTS) is 6. The largest absolute Gasteiger partial charge is 4.00 e. The Morgan fingerprint density at radius 3 is 0.385 bits per heavy atom. The molecule has 0 amide bonds. The van der Waals surface area contributed by atoms with Crippen LogP contribution in [0, 0.1) is 0 Å². The van der Waals surface area contributed by atoms with Crippen molar-refractivity contribution in [3.8, 4) is 0 Å². The molecular weight excluding hydrogens is 449 g/mol. The summed E-state index contributed by atoms with van der Waals surface area (Å²) in [5.41, 5.74) is 0. The second-order valence-electron chi connectivity index (χ2n) is 2.95. The monoisotopic (exact) mass is 466 g/mol. The smallest absolute Gasteiger partial charge is 0.550 e. The first-order valence-corrected chi connectivity index (χ1v) is 5.45. The second-order valence-corrected chi connectivity index (χ2v) is 2.95. The first-order chi connectivity index (χ1) is 10.4. The van der Waals surface area contributed by atoms with Crippen molar-refractivity contribution in [1.82, 2.24) is 0 Å². The number of carboxylic acids is 6. The molecule has 0 saturated carbocycles. The summed E-state index contributed by atoms with van der Waals surface area (Å²) < 4.78 is 0. The topological polar surface area (TPSA) is 241 Å². The summed E-state index contributed by atoms with van der Waals surface area (Å²) in [6, 6.07) is 0. The molecule has 0 spiro atoms. The van der Waals surface area contributed by atoms with Crippen LogP contribution < -0.4 is 30.6 Å². The van der Waals surface area contributed by atoms with Crippen molar-refractivity contribution in [3.05, 3.63) is 0 Å². The van der Waals surface area contributed by atoms with Crippen LogP contribution in [0.5, 0.6) is 0 Å². The van der Waals surface area contributed by atoms with Crippen LogP contribution in [0.3, 0.4) is 0 Å². The Hall–Kier alpha value is -1.84. The molecule has 0 heterocycles. The number of hydrogen-bond acceptors (Lipinski definition) is 12. The summed E-state index contributed by atoms with van der Waals surface area (Å²) in [6.45, 7) is 5.83. The van der Waals surface area contributed by atoms with Gasteiger partial charge in [-0.15, -0.1) is 0 Å². The zero-order valence-electron chi connectivity index (χ0n) is 15.1. The molecule has 0 saturated heterocycles. The summed E-state index contributed by atoms with van der Waals surface area (Å²) >= 11 is 0. The number of rotatable bonds is 0. The minimum absolute atomic E-state index is 0. The van der Waals surface area contributed by atoms with Crippen LogP contribution in [0.25, 0.3) is 0 Å². The maximum absolute atomic E-state index is 8.89. The van der Waals surface area contributed by atoms with Crippen LogP contribution in [-0.4, -0.2) is 35.8 Å². The molecule has 0 fully saturated rings. The summed E-state index contributed by atoms with van der Waals surface area (Å²) in [7, 11) is 0. The van der Waals surface area contributed by atoms with Gasteiger partial charge in [0, 0.05) is 35.8 Å². The van der Waals surface area contributed by atoms with Gasteiger partial charge >= 0.3 is 41.2 Å². The molecule has 0 bridgehead atoms. The van der Waals surface area contributed by atoms with Gasteiger partial charge in [0.1, 0.15) is 0 Å². The molecule has 0 aliphatic heterocycles. The van der Waals surface area contributed by atoms with Crippen molar-refractivity contribution in [2.45, 2.75) is 41.5 Å². The summed E-state index contributed by atoms with van der Waals surface area (Å²) in [4.78, 5) is 53.3. The molecule has 0 aromatic heterocycles. The van der Waals surface area contributed by atoms with Crippen LogP contribution in [0.2, 0.25) is 0 Å². The van der Waals surface area contributed by atoms with Gasteiger partial charge in [0.25, 0.3) is 0 Å². The number of aliphatic carboxylic acids is 6. The Balaban J connectivity index is -0.0000000245. The molecule has 0 aliphatic carbocycles. The minimum Gasteiger partial charge on any atom is -0.550 e. The SMILES string of the molecule is CC(=O)[O-].CC(=O)[O-].CC(=O)[O-].CC(=O)[O-].CC(=O)[O-].CC(=O)[O-].[Ti+4].[Zn+2]. The van der Waals surface area contributed by atoms with Crippen molar-refractivity contribution in [2.24, 2.45) is 0 Å². The molecule has 144 valence electrons. The van der Waals surface area contributed by atoms with Gasteiger partial charge in [-0.25, -0.2) is 0 Å². The van der Waals surface area contributed by atoms with E-state index in [1.807, 2.05) is 0 Å². The zero-order valence-corrected chi connectivity index (χ0v) is 19.6. The molecule has 14 heteroatoms. The van der Waals surface area contributed by atoms with E-state index in [1.54, 1.807) is 0 Å². The fraction of sp³-hybridized carbons (Fsp3) is 0.500. The van der Waals surface area contributed by atoms with Crippen LogP contribution in [0.4, 0.5) is 0 Å². The molecule has 12 nitrogen and oxygen atoms in total. The van der Waals surface area contributed by atoms with E-state index in [4.69, 9.17) is 59.4 Å². The zero-order chi connectivity index (χ0) is 21.5. The standard InChI is InChI=1S/6C2H4O2.Ti.Zn/c6*1-2(3)4;;/h6*1H3,(H,3,4);;/q;;;;;;+4;+2/p-6. The Morgan fingerprint density at radius 2 is 0.385 bits per heavy atom. The third-order valence-electron chi connectivity index (χ3n) is 0. The fourth-order valence-electron chi connectivity index (χ4n) is 0. The van der Waals surface area contributed by atoms with Gasteiger partial charge in [0.15, 0.2) is 0 Å². The molecule has 26 heavy (non-hydrogen) atoms. The van der Waals surface area contributed by atoms with Crippen LogP contribution in [-0.2, 0) is 70.0 Å². The summed E-state index contributed by atoms with van der Waals surface area (Å²) in [5, 5.41) is 53.3. The summed E-state index contributed by atoms with van der Waals surface area (Å²) in [5.74, 6) is -6.50. The van der Waals surface area contributed by atoms with Crippen molar-refractivity contribution in [2.75, 3.05) is 0 Å². The molecule has 0 aromatic rings. The fourth-order valence-corrected chi connectivity index (χ4v) is 0. The number of carbonyl (C=O) groups is 6. The van der Waals surface area contributed by atoms with E-state index in [-0.39, 0.29) is 41.2 Å². The first-order valence-electron chi connectivity index (χ1n) is 5.45. The quantitative estimate of drug-likeness (QED) is 0.302. The van der Waals surface area contributed by atoms with Crippen molar-refractivity contribution >= 4 is 35.8 Å². The Labute approximate surface area is 177 Å². The van der Waals surface area contributed by atoms with Gasteiger partial charge in [-0.2, -0.15) is 0 Å². The number of hydrogen-bond donors (Lipinski definition) is 0. The Morgan fingerprint density at radius 1 is 0.385 bits per heavy atom. The van der Waals surface area contributed by atoms with E-state index < -0.39 is 35.8 Å². The maximum atomic E-state index is 8.89. The van der Waals surface area contributed by atoms with Gasteiger partial charge in [0.2, 0.25) is 0 Å². The molecule has 0 radical (unpaired) electrons. The number of carbonyl (C=O) groups excluding carboxylic acids is 6. The Bertz CT molecular complexity index is 267. The predicted octanol–water partition coefficient (Wildman–Crippen LogP) is -7.47. The van der Waals surface area contributed by atoms with Crippen LogP contribution in [0.15, 0.2) is 0 Å². The third kappa shape index (κ3) is 2920. The average Bonchev–Trinajstić information content (AvgIpc) is 2.08. The van der Waals surface area contributed by atoms with Crippen LogP contribution >= 0.6 is 0 Å². The van der Waals surface area contributed by atoms with E-state index in [0.717, 1.165) is 41.5 Å². The van der Waals surface area contributed by atoms with Gasteiger partial charge in [0.05, 0.1) is 0 Å². The molecule has 0 rings (SSSR count). The maximum Gasteiger partial charge on any atom is 4.00 e. The molecule has 0 aromatic carbocycles. The predicted molar refractivity (Wildman–Crippen MR) is 64.1 cm³/mol. The minimum atomic E-state index is -1.08. The van der Waals surface area contributed by atoms with Gasteiger partial charge in [-0.1, -0.05) is 0 Å². The van der Waals surface area contributed by atoms with Crippen LogP contribution in [0.1, 0.15) is 41.5 Å². The second kappa shape index (κ2) is 43.5. The van der Waals surface area contributed by atoms with Gasteiger partial charge in [-0.05, 0) is 41.5 Å². The van der Waals surface area contributed by atoms with Gasteiger partial charge < -0.3 is 59.4 Å². The average molecular weight is 468 g/mol. The molecular formula is C12H18O12TiZn. The van der Waals surface area contributed by atoms with E-state index >= 15 is 0 Å². The van der Waals surface area contributed by atoms with E-state index in [0.29, 0.717) is 0 Å². The van der Waals surface area contributed by atoms with Crippen molar-refractivity contribution in [3.63, 3.8) is 0 Å². The third-order valence-corrected chi connectivity index (χ3v) is 0. The molecule has 0 N–H and O–H groups in total. The van der Waals surface area contributed by atoms with E-state index in [9.17, 15) is 0 Å². The molecule has 0 atom stereocenters. The first kappa shape index (κ1) is 49.6. The van der Waals surface area contributed by atoms with Crippen molar-refractivity contribution in [1.29, 1.82) is 0 Å². The van der Waals surface area contributed by atoms with Crippen molar-refractivity contribution < 1.29 is 101 Å². The Kier molecular flexibility index (Phi) is 83.1. The molecule has 0 unspecified atom stereocenters. The van der Waals surface area contributed by atoms with E-state index in [1.165, 1.54) is 0 Å². The normalized spacial score (nSPS) is 5.77. The van der Waals surface area contributed by atoms with Gasteiger partial charge in [-0.3, -0.25) is 0 Å².